The van der Waals surface area contributed by atoms with Crippen molar-refractivity contribution in [1.82, 2.24) is 15.1 Å². The van der Waals surface area contributed by atoms with Crippen molar-refractivity contribution in [3.63, 3.8) is 0 Å². The predicted octanol–water partition coefficient (Wildman–Crippen LogP) is 3.20. The van der Waals surface area contributed by atoms with Crippen LogP contribution in [-0.4, -0.2) is 15.1 Å². The summed E-state index contributed by atoms with van der Waals surface area (Å²) in [5, 5.41) is 8.78. The van der Waals surface area contributed by atoms with Gasteiger partial charge < -0.3 is 0 Å². The molecule has 4 heteroatoms. The number of rotatable bonds is 7. The first kappa shape index (κ1) is 16.7. The van der Waals surface area contributed by atoms with Crippen LogP contribution in [0.2, 0.25) is 0 Å². The van der Waals surface area contributed by atoms with Crippen LogP contribution in [0, 0.1) is 5.41 Å². The molecular weight excluding hydrogens is 272 g/mol. The monoisotopic (exact) mass is 301 g/mol. The molecule has 0 aliphatic heterocycles. The summed E-state index contributed by atoms with van der Waals surface area (Å²) in [5.74, 6) is 1.25. The van der Waals surface area contributed by atoms with E-state index < -0.39 is 0 Å². The molecule has 0 aliphatic carbocycles. The number of hydrogen-bond acceptors (Lipinski definition) is 2. The van der Waals surface area contributed by atoms with Crippen molar-refractivity contribution in [2.45, 2.75) is 66.5 Å². The summed E-state index contributed by atoms with van der Waals surface area (Å²) in [6, 6.07) is 10.6. The smallest absolute Gasteiger partial charge is 0.137 e. The Hall–Kier alpha value is -1.71. The second kappa shape index (κ2) is 7.52. The highest BCUT2D eigenvalue weighted by Gasteiger charge is 2.25. The van der Waals surface area contributed by atoms with E-state index in [0.717, 1.165) is 32.4 Å². The molecule has 2 rings (SSSR count). The van der Waals surface area contributed by atoms with Crippen LogP contribution in [0.1, 0.15) is 51.9 Å². The first-order valence-corrected chi connectivity index (χ1v) is 8.36. The quantitative estimate of drug-likeness (QED) is 0.736. The van der Waals surface area contributed by atoms with Gasteiger partial charge in [-0.2, -0.15) is 0 Å². The fourth-order valence-electron chi connectivity index (χ4n) is 2.53. The highest BCUT2D eigenvalue weighted by Crippen LogP contribution is 2.18. The lowest BCUT2D eigenvalue weighted by molar-refractivity contribution is -0.762. The third-order valence-electron chi connectivity index (χ3n) is 3.72. The van der Waals surface area contributed by atoms with Crippen LogP contribution in [0.4, 0.5) is 0 Å². The average Bonchev–Trinajstić information content (AvgIpc) is 2.84. The largest absolute Gasteiger partial charge is 0.257 e. The van der Waals surface area contributed by atoms with E-state index in [9.17, 15) is 0 Å². The molecule has 0 unspecified atom stereocenters. The molecule has 1 aromatic heterocycles. The van der Waals surface area contributed by atoms with Crippen molar-refractivity contribution >= 4 is 0 Å². The molecule has 0 amide bonds. The lowest BCUT2D eigenvalue weighted by atomic mass is 9.92. The maximum Gasteiger partial charge on any atom is 0.257 e. The fraction of sp³-hybridized carbons (Fsp3) is 0.611. The maximum atomic E-state index is 4.40. The number of hydrogen-bond donors (Lipinski definition) is 0. The Morgan fingerprint density at radius 2 is 1.86 bits per heavy atom. The Balaban J connectivity index is 2.13. The number of nitrogens with zero attached hydrogens (tertiary/aromatic N) is 4. The van der Waals surface area contributed by atoms with E-state index in [0.29, 0.717) is 0 Å². The van der Waals surface area contributed by atoms with Crippen molar-refractivity contribution in [3.8, 4) is 0 Å². The molecular formula is C18H29N4+. The Morgan fingerprint density at radius 1 is 1.14 bits per heavy atom. The summed E-state index contributed by atoms with van der Waals surface area (Å²) in [5.41, 5.74) is 1.58. The van der Waals surface area contributed by atoms with Crippen molar-refractivity contribution in [2.24, 2.45) is 5.41 Å². The normalized spacial score (nSPS) is 11.8. The van der Waals surface area contributed by atoms with E-state index in [1.54, 1.807) is 0 Å². The zero-order chi connectivity index (χ0) is 16.0. The number of unbranched alkanes of at least 4 members (excludes halogenated alkanes) is 1. The molecule has 0 fully saturated rings. The molecule has 1 aromatic carbocycles. The summed E-state index contributed by atoms with van der Waals surface area (Å²) in [7, 11) is 0. The van der Waals surface area contributed by atoms with Gasteiger partial charge in [0.2, 0.25) is 0 Å². The minimum Gasteiger partial charge on any atom is -0.137 e. The van der Waals surface area contributed by atoms with Gasteiger partial charge in [-0.3, -0.25) is 0 Å². The molecule has 0 atom stereocenters. The van der Waals surface area contributed by atoms with Gasteiger partial charge in [0.15, 0.2) is 5.21 Å². The van der Waals surface area contributed by atoms with Crippen LogP contribution in [0.15, 0.2) is 30.3 Å². The maximum absolute atomic E-state index is 4.40. The van der Waals surface area contributed by atoms with Crippen LogP contribution in [0.5, 0.6) is 0 Å². The van der Waals surface area contributed by atoms with E-state index in [2.05, 4.69) is 77.8 Å². The second-order valence-electron chi connectivity index (χ2n) is 7.17. The number of aromatic nitrogens is 4. The van der Waals surface area contributed by atoms with Gasteiger partial charge in [0.05, 0.1) is 6.54 Å². The Labute approximate surface area is 134 Å². The fourth-order valence-corrected chi connectivity index (χ4v) is 2.53. The number of aryl methyl sites for hydroxylation is 3. The average molecular weight is 301 g/mol. The summed E-state index contributed by atoms with van der Waals surface area (Å²) in [6.45, 7) is 10.9. The van der Waals surface area contributed by atoms with Crippen LogP contribution in [-0.2, 0) is 25.9 Å². The summed E-state index contributed by atoms with van der Waals surface area (Å²) < 4.78 is 4.19. The summed E-state index contributed by atoms with van der Waals surface area (Å²) >= 11 is 0. The second-order valence-corrected chi connectivity index (χ2v) is 7.17. The van der Waals surface area contributed by atoms with Gasteiger partial charge in [-0.15, -0.1) is 4.68 Å². The Bertz CT molecular complexity index is 567. The van der Waals surface area contributed by atoms with Crippen molar-refractivity contribution in [3.05, 3.63) is 41.7 Å². The molecule has 0 saturated carbocycles. The molecule has 4 nitrogen and oxygen atoms in total. The third-order valence-corrected chi connectivity index (χ3v) is 3.72. The highest BCUT2D eigenvalue weighted by molar-refractivity contribution is 5.14. The molecule has 0 N–H and O–H groups in total. The number of benzene rings is 1. The standard InChI is InChI=1S/C18H29N4/c1-5-6-13-21-17(15-18(2,3)4)22(20-19-21)14-12-16-10-8-7-9-11-16/h7-11H,5-6,12-15H2,1-4H3/q+1. The van der Waals surface area contributed by atoms with E-state index >= 15 is 0 Å². The van der Waals surface area contributed by atoms with Gasteiger partial charge in [0.1, 0.15) is 11.8 Å². The molecule has 0 radical (unpaired) electrons. The van der Waals surface area contributed by atoms with Gasteiger partial charge >= 0.3 is 0 Å². The lowest BCUT2D eigenvalue weighted by Crippen LogP contribution is -2.42. The molecule has 0 spiro atoms. The Kier molecular flexibility index (Phi) is 5.69. The predicted molar refractivity (Wildman–Crippen MR) is 88.4 cm³/mol. The van der Waals surface area contributed by atoms with Crippen molar-refractivity contribution in [1.29, 1.82) is 0 Å². The Morgan fingerprint density at radius 3 is 2.50 bits per heavy atom. The van der Waals surface area contributed by atoms with Gasteiger partial charge in [-0.1, -0.05) is 69.1 Å². The lowest BCUT2D eigenvalue weighted by Gasteiger charge is -2.16. The van der Waals surface area contributed by atoms with E-state index in [4.69, 9.17) is 0 Å². The van der Waals surface area contributed by atoms with E-state index in [1.165, 1.54) is 17.8 Å². The third kappa shape index (κ3) is 4.93. The minimum atomic E-state index is 0.236. The topological polar surface area (TPSA) is 34.6 Å². The van der Waals surface area contributed by atoms with E-state index in [1.807, 2.05) is 0 Å². The highest BCUT2D eigenvalue weighted by atomic mass is 15.6. The first-order chi connectivity index (χ1) is 10.5. The molecule has 0 aliphatic rings. The molecule has 22 heavy (non-hydrogen) atoms. The summed E-state index contributed by atoms with van der Waals surface area (Å²) in [4.78, 5) is 0. The van der Waals surface area contributed by atoms with Gasteiger partial charge in [0.25, 0.3) is 5.82 Å². The molecule has 1 heterocycles. The summed E-state index contributed by atoms with van der Waals surface area (Å²) in [6.07, 6.45) is 4.33. The molecule has 120 valence electrons. The zero-order valence-electron chi connectivity index (χ0n) is 14.4. The molecule has 0 bridgehead atoms. The molecule has 0 saturated heterocycles. The van der Waals surface area contributed by atoms with Crippen LogP contribution in [0.25, 0.3) is 0 Å². The van der Waals surface area contributed by atoms with Crippen molar-refractivity contribution < 1.29 is 4.68 Å². The minimum absolute atomic E-state index is 0.236. The van der Waals surface area contributed by atoms with Crippen LogP contribution in [0.3, 0.4) is 0 Å². The number of tetrazole rings is 1. The van der Waals surface area contributed by atoms with Crippen molar-refractivity contribution in [2.75, 3.05) is 0 Å². The van der Waals surface area contributed by atoms with E-state index in [-0.39, 0.29) is 5.41 Å². The first-order valence-electron chi connectivity index (χ1n) is 8.36. The SMILES string of the molecule is CCCC[n+]1nnn(CCc2ccccc2)c1CC(C)(C)C. The van der Waals surface area contributed by atoms with Gasteiger partial charge in [-0.05, 0) is 17.4 Å². The van der Waals surface area contributed by atoms with Crippen LogP contribution < -0.4 is 4.68 Å². The van der Waals surface area contributed by atoms with Crippen LogP contribution >= 0.6 is 0 Å². The zero-order valence-corrected chi connectivity index (χ0v) is 14.4. The van der Waals surface area contributed by atoms with Gasteiger partial charge in [-0.25, -0.2) is 0 Å². The van der Waals surface area contributed by atoms with Gasteiger partial charge in [0, 0.05) is 12.8 Å². The molecule has 2 aromatic rings.